The number of morpholine rings is 1. The fourth-order valence-corrected chi connectivity index (χ4v) is 3.60. The SMILES string of the molecule is CN=C(NCCCN1CCC(C)CC1)NCC(C)(C)N1CCOCC1.I. The van der Waals surface area contributed by atoms with Crippen LogP contribution in [-0.2, 0) is 4.74 Å². The minimum absolute atomic E-state index is 0. The molecular formula is C19H40IN5O. The Hall–Kier alpha value is -0.120. The van der Waals surface area contributed by atoms with Crippen LogP contribution in [0.15, 0.2) is 4.99 Å². The molecule has 2 saturated heterocycles. The molecule has 2 aliphatic heterocycles. The molecule has 0 aromatic heterocycles. The summed E-state index contributed by atoms with van der Waals surface area (Å²) in [5, 5.41) is 6.96. The van der Waals surface area contributed by atoms with E-state index in [9.17, 15) is 0 Å². The van der Waals surface area contributed by atoms with Crippen molar-refractivity contribution in [3.8, 4) is 0 Å². The molecule has 154 valence electrons. The Kier molecular flexibility index (Phi) is 11.4. The summed E-state index contributed by atoms with van der Waals surface area (Å²) in [6.45, 7) is 16.2. The number of halogens is 1. The Morgan fingerprint density at radius 3 is 2.38 bits per heavy atom. The van der Waals surface area contributed by atoms with Crippen LogP contribution in [-0.4, -0.2) is 87.4 Å². The van der Waals surface area contributed by atoms with Crippen molar-refractivity contribution in [1.29, 1.82) is 0 Å². The minimum atomic E-state index is 0. The summed E-state index contributed by atoms with van der Waals surface area (Å²) in [5.74, 6) is 1.82. The van der Waals surface area contributed by atoms with Gasteiger partial charge in [-0.2, -0.15) is 0 Å². The molecule has 7 heteroatoms. The van der Waals surface area contributed by atoms with Gasteiger partial charge in [0.05, 0.1) is 13.2 Å². The molecule has 2 fully saturated rings. The van der Waals surface area contributed by atoms with E-state index in [0.717, 1.165) is 51.3 Å². The molecule has 2 heterocycles. The van der Waals surface area contributed by atoms with Gasteiger partial charge in [-0.1, -0.05) is 6.92 Å². The fraction of sp³-hybridized carbons (Fsp3) is 0.947. The summed E-state index contributed by atoms with van der Waals surface area (Å²) in [5.41, 5.74) is 0.103. The van der Waals surface area contributed by atoms with Crippen LogP contribution in [0.4, 0.5) is 0 Å². The monoisotopic (exact) mass is 481 g/mol. The molecule has 0 aromatic rings. The molecule has 0 amide bonds. The highest BCUT2D eigenvalue weighted by Crippen LogP contribution is 2.16. The lowest BCUT2D eigenvalue weighted by Gasteiger charge is -2.41. The Morgan fingerprint density at radius 2 is 1.77 bits per heavy atom. The molecule has 6 nitrogen and oxygen atoms in total. The second-order valence-electron chi connectivity index (χ2n) is 8.14. The van der Waals surface area contributed by atoms with Gasteiger partial charge in [-0.3, -0.25) is 9.89 Å². The molecular weight excluding hydrogens is 441 g/mol. The lowest BCUT2D eigenvalue weighted by molar-refractivity contribution is -0.00834. The van der Waals surface area contributed by atoms with Crippen LogP contribution in [0, 0.1) is 5.92 Å². The molecule has 0 aromatic carbocycles. The van der Waals surface area contributed by atoms with Gasteiger partial charge in [0.15, 0.2) is 5.96 Å². The third kappa shape index (κ3) is 8.27. The van der Waals surface area contributed by atoms with Gasteiger partial charge in [0.25, 0.3) is 0 Å². The van der Waals surface area contributed by atoms with Crippen molar-refractivity contribution in [2.75, 3.05) is 66.1 Å². The van der Waals surface area contributed by atoms with Crippen LogP contribution < -0.4 is 10.6 Å². The number of piperidine rings is 1. The zero-order valence-corrected chi connectivity index (χ0v) is 19.6. The maximum absolute atomic E-state index is 5.46. The second kappa shape index (κ2) is 12.4. The Morgan fingerprint density at radius 1 is 1.12 bits per heavy atom. The van der Waals surface area contributed by atoms with Crippen molar-refractivity contribution in [2.24, 2.45) is 10.9 Å². The first-order valence-electron chi connectivity index (χ1n) is 10.0. The van der Waals surface area contributed by atoms with Crippen LogP contribution in [0.25, 0.3) is 0 Å². The van der Waals surface area contributed by atoms with Crippen LogP contribution >= 0.6 is 24.0 Å². The molecule has 0 radical (unpaired) electrons. The zero-order chi connectivity index (χ0) is 18.1. The first-order valence-corrected chi connectivity index (χ1v) is 10.0. The minimum Gasteiger partial charge on any atom is -0.379 e. The molecule has 0 unspecified atom stereocenters. The molecule has 0 aliphatic carbocycles. The Labute approximate surface area is 177 Å². The third-order valence-electron chi connectivity index (χ3n) is 5.60. The van der Waals surface area contributed by atoms with E-state index < -0.39 is 0 Å². The number of nitrogens with one attached hydrogen (secondary N) is 2. The molecule has 0 saturated carbocycles. The maximum Gasteiger partial charge on any atom is 0.191 e. The van der Waals surface area contributed by atoms with Crippen molar-refractivity contribution in [3.05, 3.63) is 0 Å². The van der Waals surface area contributed by atoms with Gasteiger partial charge in [0, 0.05) is 38.8 Å². The second-order valence-corrected chi connectivity index (χ2v) is 8.14. The van der Waals surface area contributed by atoms with E-state index in [-0.39, 0.29) is 29.5 Å². The summed E-state index contributed by atoms with van der Waals surface area (Å²) < 4.78 is 5.46. The van der Waals surface area contributed by atoms with Crippen LogP contribution in [0.3, 0.4) is 0 Å². The van der Waals surface area contributed by atoms with Crippen LogP contribution in [0.5, 0.6) is 0 Å². The maximum atomic E-state index is 5.46. The summed E-state index contributed by atoms with van der Waals surface area (Å²) >= 11 is 0. The number of rotatable bonds is 7. The highest BCUT2D eigenvalue weighted by molar-refractivity contribution is 14.0. The van der Waals surface area contributed by atoms with Crippen molar-refractivity contribution in [2.45, 2.75) is 45.6 Å². The summed E-state index contributed by atoms with van der Waals surface area (Å²) in [7, 11) is 1.85. The molecule has 2 rings (SSSR count). The van der Waals surface area contributed by atoms with E-state index in [0.29, 0.717) is 0 Å². The Bertz CT molecular complexity index is 405. The number of likely N-dealkylation sites (tertiary alicyclic amines) is 1. The van der Waals surface area contributed by atoms with Gasteiger partial charge in [-0.15, -0.1) is 24.0 Å². The molecule has 0 bridgehead atoms. The molecule has 0 atom stereocenters. The molecule has 0 spiro atoms. The molecule has 2 aliphatic rings. The van der Waals surface area contributed by atoms with Crippen LogP contribution in [0.2, 0.25) is 0 Å². The van der Waals surface area contributed by atoms with E-state index in [2.05, 4.69) is 46.2 Å². The quantitative estimate of drug-likeness (QED) is 0.252. The number of ether oxygens (including phenoxy) is 1. The predicted octanol–water partition coefficient (Wildman–Crippen LogP) is 2.00. The van der Waals surface area contributed by atoms with Crippen molar-refractivity contribution in [1.82, 2.24) is 20.4 Å². The summed E-state index contributed by atoms with van der Waals surface area (Å²) in [4.78, 5) is 9.46. The average Bonchev–Trinajstić information content (AvgIpc) is 2.63. The molecule has 26 heavy (non-hydrogen) atoms. The van der Waals surface area contributed by atoms with Crippen molar-refractivity contribution >= 4 is 29.9 Å². The van der Waals surface area contributed by atoms with Gasteiger partial charge < -0.3 is 20.3 Å². The summed E-state index contributed by atoms with van der Waals surface area (Å²) in [6, 6.07) is 0. The van der Waals surface area contributed by atoms with E-state index >= 15 is 0 Å². The van der Waals surface area contributed by atoms with Gasteiger partial charge in [0.1, 0.15) is 0 Å². The van der Waals surface area contributed by atoms with Crippen molar-refractivity contribution in [3.63, 3.8) is 0 Å². The topological polar surface area (TPSA) is 52.1 Å². The highest BCUT2D eigenvalue weighted by atomic mass is 127. The van der Waals surface area contributed by atoms with E-state index in [4.69, 9.17) is 4.74 Å². The normalized spacial score (nSPS) is 21.3. The number of hydrogen-bond acceptors (Lipinski definition) is 4. The van der Waals surface area contributed by atoms with E-state index in [1.54, 1.807) is 0 Å². The number of aliphatic imine (C=N–C) groups is 1. The lowest BCUT2D eigenvalue weighted by Crippen LogP contribution is -2.56. The smallest absolute Gasteiger partial charge is 0.191 e. The highest BCUT2D eigenvalue weighted by Gasteiger charge is 2.28. The largest absolute Gasteiger partial charge is 0.379 e. The standard InChI is InChI=1S/C19H39N5O.HI/c1-17-6-10-23(11-7-17)9-5-8-21-18(20-4)22-16-19(2,3)24-12-14-25-15-13-24;/h17H,5-16H2,1-4H3,(H2,20,21,22);1H. The lowest BCUT2D eigenvalue weighted by atomic mass is 9.99. The van der Waals surface area contributed by atoms with Gasteiger partial charge >= 0.3 is 0 Å². The Balaban J connectivity index is 0.00000338. The molecule has 2 N–H and O–H groups in total. The first kappa shape index (κ1) is 23.9. The van der Waals surface area contributed by atoms with Gasteiger partial charge in [0.2, 0.25) is 0 Å². The number of guanidine groups is 1. The fourth-order valence-electron chi connectivity index (χ4n) is 3.60. The third-order valence-corrected chi connectivity index (χ3v) is 5.60. The first-order chi connectivity index (χ1) is 12.0. The zero-order valence-electron chi connectivity index (χ0n) is 17.2. The van der Waals surface area contributed by atoms with Crippen molar-refractivity contribution < 1.29 is 4.74 Å². The van der Waals surface area contributed by atoms with Gasteiger partial charge in [-0.05, 0) is 58.7 Å². The van der Waals surface area contributed by atoms with Gasteiger partial charge in [-0.25, -0.2) is 0 Å². The summed E-state index contributed by atoms with van der Waals surface area (Å²) in [6.07, 6.45) is 3.88. The van der Waals surface area contributed by atoms with E-state index in [1.165, 1.54) is 38.9 Å². The predicted molar refractivity (Wildman–Crippen MR) is 121 cm³/mol. The van der Waals surface area contributed by atoms with Crippen LogP contribution in [0.1, 0.15) is 40.0 Å². The number of hydrogen-bond donors (Lipinski definition) is 2. The average molecular weight is 481 g/mol. The van der Waals surface area contributed by atoms with E-state index in [1.807, 2.05) is 7.05 Å². The number of nitrogens with zero attached hydrogens (tertiary/aromatic N) is 3.